The minimum Gasteiger partial charge on any atom is -0.354 e. The predicted octanol–water partition coefficient (Wildman–Crippen LogP) is 1.75. The van der Waals surface area contributed by atoms with Gasteiger partial charge in [0, 0.05) is 23.3 Å². The first-order chi connectivity index (χ1) is 7.84. The normalized spacial score (nSPS) is 18.6. The van der Waals surface area contributed by atoms with Crippen LogP contribution in [-0.2, 0) is 0 Å². The molecule has 1 aliphatic rings. The number of hydrogen-bond acceptors (Lipinski definition) is 3. The van der Waals surface area contributed by atoms with Gasteiger partial charge in [-0.25, -0.2) is 0 Å². The van der Waals surface area contributed by atoms with Gasteiger partial charge in [-0.15, -0.1) is 11.3 Å². The van der Waals surface area contributed by atoms with E-state index in [1.807, 2.05) is 12.1 Å². The lowest BCUT2D eigenvalue weighted by atomic mass is 10.2. The molecule has 0 saturated carbocycles. The van der Waals surface area contributed by atoms with Crippen molar-refractivity contribution in [3.05, 3.63) is 57.2 Å². The topological polar surface area (TPSA) is 15.6 Å². The Balaban J connectivity index is 2.16. The molecule has 2 heterocycles. The van der Waals surface area contributed by atoms with E-state index in [9.17, 15) is 0 Å². The van der Waals surface area contributed by atoms with Gasteiger partial charge < -0.3 is 4.90 Å². The number of rotatable bonds is 1. The standard InChI is InChI=1S/C13H12N2S/c1-15-9-10-5-2-3-6-11(10)14-13(15)12-7-4-8-16-12/h2-9,13H,1H3. The maximum atomic E-state index is 4.77. The highest BCUT2D eigenvalue weighted by Crippen LogP contribution is 2.25. The zero-order chi connectivity index (χ0) is 11.0. The van der Waals surface area contributed by atoms with Crippen LogP contribution in [0.4, 0.5) is 0 Å². The van der Waals surface area contributed by atoms with Gasteiger partial charge in [0.05, 0.1) is 5.36 Å². The number of hydrogen-bond donors (Lipinski definition) is 0. The van der Waals surface area contributed by atoms with Crippen LogP contribution < -0.4 is 10.6 Å². The van der Waals surface area contributed by atoms with E-state index in [4.69, 9.17) is 4.99 Å². The Morgan fingerprint density at radius 1 is 1.19 bits per heavy atom. The van der Waals surface area contributed by atoms with E-state index in [0.717, 1.165) is 5.36 Å². The molecule has 1 unspecified atom stereocenters. The second kappa shape index (κ2) is 3.76. The molecule has 0 bridgehead atoms. The van der Waals surface area contributed by atoms with Crippen LogP contribution in [0, 0.1) is 0 Å². The number of thiophene rings is 1. The zero-order valence-electron chi connectivity index (χ0n) is 9.00. The van der Waals surface area contributed by atoms with Crippen molar-refractivity contribution in [2.75, 3.05) is 7.05 Å². The fraction of sp³-hybridized carbons (Fsp3) is 0.154. The minimum absolute atomic E-state index is 0.134. The van der Waals surface area contributed by atoms with Crippen LogP contribution in [0.25, 0.3) is 6.20 Å². The second-order valence-corrected chi connectivity index (χ2v) is 4.85. The van der Waals surface area contributed by atoms with Crippen molar-refractivity contribution in [3.8, 4) is 0 Å². The monoisotopic (exact) mass is 228 g/mol. The summed E-state index contributed by atoms with van der Waals surface area (Å²) in [6, 6.07) is 12.5. The number of fused-ring (bicyclic) bond motifs is 1. The molecule has 3 rings (SSSR count). The average Bonchev–Trinajstić information content (AvgIpc) is 2.81. The van der Waals surface area contributed by atoms with Gasteiger partial charge in [0.1, 0.15) is 0 Å². The van der Waals surface area contributed by atoms with Crippen LogP contribution in [0.3, 0.4) is 0 Å². The van der Waals surface area contributed by atoms with Crippen molar-refractivity contribution >= 4 is 17.5 Å². The second-order valence-electron chi connectivity index (χ2n) is 3.87. The van der Waals surface area contributed by atoms with Crippen molar-refractivity contribution in [2.24, 2.45) is 4.99 Å². The van der Waals surface area contributed by atoms with Crippen molar-refractivity contribution in [3.63, 3.8) is 0 Å². The maximum Gasteiger partial charge on any atom is 0.156 e. The Bertz CT molecular complexity index is 601. The molecule has 3 heteroatoms. The third kappa shape index (κ3) is 1.53. The lowest BCUT2D eigenvalue weighted by Crippen LogP contribution is -2.35. The van der Waals surface area contributed by atoms with E-state index < -0.39 is 0 Å². The Morgan fingerprint density at radius 3 is 2.88 bits per heavy atom. The van der Waals surface area contributed by atoms with Crippen LogP contribution in [0.1, 0.15) is 11.0 Å². The number of benzene rings is 1. The molecule has 0 amide bonds. The van der Waals surface area contributed by atoms with Gasteiger partial charge in [-0.2, -0.15) is 0 Å². The molecule has 1 aliphatic heterocycles. The molecule has 0 aliphatic carbocycles. The summed E-state index contributed by atoms with van der Waals surface area (Å²) in [6.07, 6.45) is 2.29. The quantitative estimate of drug-likeness (QED) is 0.726. The van der Waals surface area contributed by atoms with Crippen LogP contribution >= 0.6 is 11.3 Å². The van der Waals surface area contributed by atoms with Gasteiger partial charge >= 0.3 is 0 Å². The van der Waals surface area contributed by atoms with Gasteiger partial charge in [0.15, 0.2) is 6.17 Å². The van der Waals surface area contributed by atoms with Crippen LogP contribution in [0.2, 0.25) is 0 Å². The van der Waals surface area contributed by atoms with Gasteiger partial charge in [0.25, 0.3) is 0 Å². The lowest BCUT2D eigenvalue weighted by molar-refractivity contribution is 0.371. The first kappa shape index (κ1) is 9.60. The van der Waals surface area contributed by atoms with E-state index in [0.29, 0.717) is 0 Å². The predicted molar refractivity (Wildman–Crippen MR) is 66.5 cm³/mol. The summed E-state index contributed by atoms with van der Waals surface area (Å²) in [4.78, 5) is 8.22. The van der Waals surface area contributed by atoms with E-state index in [2.05, 4.69) is 47.8 Å². The highest BCUT2D eigenvalue weighted by atomic mass is 32.1. The fourth-order valence-corrected chi connectivity index (χ4v) is 2.74. The zero-order valence-corrected chi connectivity index (χ0v) is 9.82. The molecule has 2 aromatic rings. The van der Waals surface area contributed by atoms with Crippen molar-refractivity contribution < 1.29 is 0 Å². The third-order valence-electron chi connectivity index (χ3n) is 2.72. The molecule has 0 spiro atoms. The van der Waals surface area contributed by atoms with E-state index in [1.54, 1.807) is 11.3 Å². The molecule has 0 fully saturated rings. The Kier molecular flexibility index (Phi) is 2.26. The smallest absolute Gasteiger partial charge is 0.156 e. The Labute approximate surface area is 98.2 Å². The minimum atomic E-state index is 0.134. The fourth-order valence-electron chi connectivity index (χ4n) is 1.93. The summed E-state index contributed by atoms with van der Waals surface area (Å²) < 4.78 is 0. The third-order valence-corrected chi connectivity index (χ3v) is 3.64. The highest BCUT2D eigenvalue weighted by Gasteiger charge is 2.16. The largest absolute Gasteiger partial charge is 0.354 e. The van der Waals surface area contributed by atoms with Crippen LogP contribution in [-0.4, -0.2) is 11.9 Å². The summed E-state index contributed by atoms with van der Waals surface area (Å²) >= 11 is 1.75. The summed E-state index contributed by atoms with van der Waals surface area (Å²) in [5, 5.41) is 4.37. The van der Waals surface area contributed by atoms with Crippen LogP contribution in [0.15, 0.2) is 46.8 Å². The van der Waals surface area contributed by atoms with Crippen molar-refractivity contribution in [2.45, 2.75) is 6.17 Å². The maximum absolute atomic E-state index is 4.77. The van der Waals surface area contributed by atoms with Gasteiger partial charge in [-0.1, -0.05) is 24.3 Å². The Morgan fingerprint density at radius 2 is 2.06 bits per heavy atom. The lowest BCUT2D eigenvalue weighted by Gasteiger charge is -2.24. The van der Waals surface area contributed by atoms with E-state index in [1.165, 1.54) is 10.1 Å². The highest BCUT2D eigenvalue weighted by molar-refractivity contribution is 7.10. The van der Waals surface area contributed by atoms with E-state index >= 15 is 0 Å². The molecule has 16 heavy (non-hydrogen) atoms. The van der Waals surface area contributed by atoms with Gasteiger partial charge in [0.2, 0.25) is 0 Å². The molecule has 1 aromatic carbocycles. The molecule has 2 nitrogen and oxygen atoms in total. The van der Waals surface area contributed by atoms with Crippen LogP contribution in [0.5, 0.6) is 0 Å². The number of para-hydroxylation sites is 1. The number of nitrogens with zero attached hydrogens (tertiary/aromatic N) is 2. The first-order valence-electron chi connectivity index (χ1n) is 5.25. The molecular formula is C13H12N2S. The van der Waals surface area contributed by atoms with Crippen molar-refractivity contribution in [1.29, 1.82) is 0 Å². The summed E-state index contributed by atoms with van der Waals surface area (Å²) in [5.41, 5.74) is 0. The summed E-state index contributed by atoms with van der Waals surface area (Å²) in [6.45, 7) is 0. The van der Waals surface area contributed by atoms with Crippen molar-refractivity contribution in [1.82, 2.24) is 4.90 Å². The average molecular weight is 228 g/mol. The molecular weight excluding hydrogens is 216 g/mol. The summed E-state index contributed by atoms with van der Waals surface area (Å²) in [7, 11) is 2.07. The molecule has 1 atom stereocenters. The Hall–Kier alpha value is -1.61. The van der Waals surface area contributed by atoms with E-state index in [-0.39, 0.29) is 6.17 Å². The molecule has 0 radical (unpaired) electrons. The SMILES string of the molecule is CN1C=c2ccccc2=NC1c1cccs1. The molecule has 0 N–H and O–H groups in total. The molecule has 1 aromatic heterocycles. The summed E-state index contributed by atoms with van der Waals surface area (Å²) in [5.74, 6) is 0. The molecule has 0 saturated heterocycles. The molecule has 80 valence electrons. The van der Waals surface area contributed by atoms with Gasteiger partial charge in [-0.05, 0) is 17.5 Å². The van der Waals surface area contributed by atoms with Gasteiger partial charge in [-0.3, -0.25) is 4.99 Å². The first-order valence-corrected chi connectivity index (χ1v) is 6.12.